The van der Waals surface area contributed by atoms with Gasteiger partial charge in [0.1, 0.15) is 0 Å². The minimum Gasteiger partial charge on any atom is -0.310 e. The van der Waals surface area contributed by atoms with Crippen LogP contribution >= 0.6 is 0 Å². The third-order valence-corrected chi connectivity index (χ3v) is 18.6. The molecule has 0 N–H and O–H groups in total. The number of rotatable bonds is 16. The van der Waals surface area contributed by atoms with Crippen molar-refractivity contribution in [2.24, 2.45) is 0 Å². The van der Waals surface area contributed by atoms with Crippen LogP contribution in [0.25, 0.3) is 86.9 Å². The smallest absolute Gasteiger partial charge is 0.0540 e. The molecule has 13 rings (SSSR count). The van der Waals surface area contributed by atoms with E-state index < -0.39 is 0 Å². The van der Waals surface area contributed by atoms with Crippen LogP contribution in [-0.4, -0.2) is 0 Å². The van der Waals surface area contributed by atoms with E-state index in [0.29, 0.717) is 23.7 Å². The van der Waals surface area contributed by atoms with Gasteiger partial charge in [0.2, 0.25) is 0 Å². The molecule has 394 valence electrons. The molecule has 0 fully saturated rings. The number of hydrogen-bond acceptors (Lipinski definition) is 2. The molecule has 0 aliphatic heterocycles. The van der Waals surface area contributed by atoms with Gasteiger partial charge in [0.25, 0.3) is 0 Å². The Labute approximate surface area is 473 Å². The maximum atomic E-state index is 2.50. The number of hydrogen-bond donors (Lipinski definition) is 0. The van der Waals surface area contributed by atoms with Crippen LogP contribution in [0.5, 0.6) is 0 Å². The van der Waals surface area contributed by atoms with Crippen LogP contribution in [0, 0.1) is 0 Å². The van der Waals surface area contributed by atoms with E-state index in [4.69, 9.17) is 0 Å². The molecular formula is C78H72N2. The van der Waals surface area contributed by atoms with Gasteiger partial charge in [0, 0.05) is 33.5 Å². The maximum Gasteiger partial charge on any atom is 0.0540 e. The van der Waals surface area contributed by atoms with Crippen molar-refractivity contribution in [1.82, 2.24) is 0 Å². The molecule has 0 bridgehead atoms. The Balaban J connectivity index is 1.12. The van der Waals surface area contributed by atoms with Crippen molar-refractivity contribution >= 4 is 98.8 Å². The molecule has 13 aromatic rings. The first-order valence-electron chi connectivity index (χ1n) is 29.7. The maximum absolute atomic E-state index is 2.50. The number of fused-ring (bicyclic) bond motifs is 6. The Morgan fingerprint density at radius 1 is 0.250 bits per heavy atom. The molecule has 80 heavy (non-hydrogen) atoms. The van der Waals surface area contributed by atoms with Gasteiger partial charge in [-0.2, -0.15) is 0 Å². The normalized spacial score (nSPS) is 13.5. The molecule has 4 atom stereocenters. The van der Waals surface area contributed by atoms with Gasteiger partial charge < -0.3 is 9.80 Å². The van der Waals surface area contributed by atoms with E-state index in [0.717, 1.165) is 48.4 Å². The van der Waals surface area contributed by atoms with Crippen LogP contribution in [0.3, 0.4) is 0 Å². The SMILES string of the molecule is CCC(C)c1ccc(N(c2ccc(C(C)CC)cc2)c2ccc3c4c(-c5ccccc5)c5c6ccc(N(c7ccc(C(C)CC)cc7)c7ccc(C(C)CC)cc7)c7cccc(c5c(-c5ccccc5)c4c4cccc2c43)c76)cc1. The molecule has 0 heterocycles. The first kappa shape index (κ1) is 51.0. The second-order valence-electron chi connectivity index (χ2n) is 23.0. The summed E-state index contributed by atoms with van der Waals surface area (Å²) in [5.41, 5.74) is 17.5. The van der Waals surface area contributed by atoms with Crippen LogP contribution in [0.15, 0.2) is 218 Å². The summed E-state index contributed by atoms with van der Waals surface area (Å²) in [5, 5.41) is 15.5. The van der Waals surface area contributed by atoms with Gasteiger partial charge in [-0.05, 0) is 208 Å². The molecule has 0 aromatic heterocycles. The van der Waals surface area contributed by atoms with Crippen molar-refractivity contribution in [3.05, 3.63) is 241 Å². The van der Waals surface area contributed by atoms with Gasteiger partial charge in [-0.25, -0.2) is 0 Å². The zero-order chi connectivity index (χ0) is 54.8. The van der Waals surface area contributed by atoms with Gasteiger partial charge >= 0.3 is 0 Å². The molecule has 0 aliphatic carbocycles. The zero-order valence-electron chi connectivity index (χ0n) is 47.8. The molecule has 4 unspecified atom stereocenters. The van der Waals surface area contributed by atoms with Crippen molar-refractivity contribution in [2.45, 2.75) is 105 Å². The van der Waals surface area contributed by atoms with Crippen LogP contribution < -0.4 is 9.80 Å². The Kier molecular flexibility index (Phi) is 13.4. The van der Waals surface area contributed by atoms with E-state index in [2.05, 4.69) is 284 Å². The van der Waals surface area contributed by atoms with Crippen LogP contribution in [0.1, 0.15) is 127 Å². The number of benzene rings is 11. The van der Waals surface area contributed by atoms with Gasteiger partial charge in [-0.1, -0.05) is 213 Å². The van der Waals surface area contributed by atoms with E-state index in [1.807, 2.05) is 0 Å². The monoisotopic (exact) mass is 1040 g/mol. The molecule has 0 amide bonds. The van der Waals surface area contributed by atoms with Crippen molar-refractivity contribution in [3.63, 3.8) is 0 Å². The fourth-order valence-electron chi connectivity index (χ4n) is 13.2. The molecule has 0 spiro atoms. The Morgan fingerprint density at radius 3 is 0.787 bits per heavy atom. The fourth-order valence-corrected chi connectivity index (χ4v) is 13.2. The Bertz CT molecular complexity index is 3870. The second-order valence-corrected chi connectivity index (χ2v) is 23.0. The largest absolute Gasteiger partial charge is 0.310 e. The molecule has 2 heteroatoms. The van der Waals surface area contributed by atoms with Crippen molar-refractivity contribution in [3.8, 4) is 22.3 Å². The molecule has 0 aliphatic rings. The highest BCUT2D eigenvalue weighted by Crippen LogP contribution is 2.58. The molecule has 13 aromatic carbocycles. The Morgan fingerprint density at radius 2 is 0.512 bits per heavy atom. The van der Waals surface area contributed by atoms with Crippen LogP contribution in [-0.2, 0) is 0 Å². The van der Waals surface area contributed by atoms with Crippen LogP contribution in [0.4, 0.5) is 34.1 Å². The lowest BCUT2D eigenvalue weighted by Crippen LogP contribution is -2.11. The summed E-state index contributed by atoms with van der Waals surface area (Å²) in [6, 6.07) is 83.8. The summed E-state index contributed by atoms with van der Waals surface area (Å²) in [6.45, 7) is 18.4. The standard InChI is InChI=1S/C78H72N2/c1-9-49(5)53-29-37-59(38-30-53)79(60-39-31-54(32-40-60)50(6)10-2)69-47-45-67-73-63(69)25-19-27-65(73)75-71(57-21-15-13-16-22-57)76-66-28-20-26-64-70(48-46-68(74(64)66)78(76)72(77(67)75)58-23-17-14-18-24-58)80(61-41-33-55(34-42-61)51(7)11-3)62-43-35-56(36-44-62)52(8)12-4/h13-52H,9-12H2,1-8H3. The van der Waals surface area contributed by atoms with E-state index in [-0.39, 0.29) is 0 Å². The minimum atomic E-state index is 0.493. The van der Waals surface area contributed by atoms with Crippen molar-refractivity contribution < 1.29 is 0 Å². The zero-order valence-corrected chi connectivity index (χ0v) is 47.8. The highest BCUT2D eigenvalue weighted by atomic mass is 15.1. The van der Waals surface area contributed by atoms with Crippen molar-refractivity contribution in [1.29, 1.82) is 0 Å². The van der Waals surface area contributed by atoms with E-state index in [1.54, 1.807) is 0 Å². The number of nitrogens with zero attached hydrogens (tertiary/aromatic N) is 2. The quantitative estimate of drug-likeness (QED) is 0.0952. The first-order chi connectivity index (χ1) is 39.2. The summed E-state index contributed by atoms with van der Waals surface area (Å²) >= 11 is 0. The van der Waals surface area contributed by atoms with E-state index in [1.165, 1.54) is 121 Å². The molecule has 0 saturated heterocycles. The lowest BCUT2D eigenvalue weighted by Gasteiger charge is -2.28. The van der Waals surface area contributed by atoms with Crippen molar-refractivity contribution in [2.75, 3.05) is 9.80 Å². The minimum absolute atomic E-state index is 0.493. The predicted molar refractivity (Wildman–Crippen MR) is 349 cm³/mol. The topological polar surface area (TPSA) is 6.48 Å². The van der Waals surface area contributed by atoms with Gasteiger partial charge in [-0.15, -0.1) is 0 Å². The highest BCUT2D eigenvalue weighted by molar-refractivity contribution is 6.47. The lowest BCUT2D eigenvalue weighted by atomic mass is 9.87. The third kappa shape index (κ3) is 8.37. The van der Waals surface area contributed by atoms with Crippen LogP contribution in [0.2, 0.25) is 0 Å². The molecule has 0 saturated carbocycles. The van der Waals surface area contributed by atoms with E-state index >= 15 is 0 Å². The van der Waals surface area contributed by atoms with E-state index in [9.17, 15) is 0 Å². The molecule has 2 nitrogen and oxygen atoms in total. The van der Waals surface area contributed by atoms with Gasteiger partial charge in [0.05, 0.1) is 11.4 Å². The summed E-state index contributed by atoms with van der Waals surface area (Å²) in [6.07, 6.45) is 4.43. The average Bonchev–Trinajstić information content (AvgIpc) is 4.13. The molecule has 0 radical (unpaired) electrons. The summed E-state index contributed by atoms with van der Waals surface area (Å²) in [7, 11) is 0. The predicted octanol–water partition coefficient (Wildman–Crippen LogP) is 23.8. The lowest BCUT2D eigenvalue weighted by molar-refractivity contribution is 0.733. The van der Waals surface area contributed by atoms with Gasteiger partial charge in [0.15, 0.2) is 0 Å². The summed E-state index contributed by atoms with van der Waals surface area (Å²) in [5.74, 6) is 1.97. The molecular weight excluding hydrogens is 965 g/mol. The average molecular weight is 1040 g/mol. The third-order valence-electron chi connectivity index (χ3n) is 18.6. The fraction of sp³-hybridized carbons (Fsp3) is 0.205. The Hall–Kier alpha value is -8.46. The first-order valence-corrected chi connectivity index (χ1v) is 29.7. The van der Waals surface area contributed by atoms with Gasteiger partial charge in [-0.3, -0.25) is 0 Å². The number of anilines is 6. The highest BCUT2D eigenvalue weighted by Gasteiger charge is 2.30. The second kappa shape index (κ2) is 21.0. The summed E-state index contributed by atoms with van der Waals surface area (Å²) < 4.78 is 0. The summed E-state index contributed by atoms with van der Waals surface area (Å²) in [4.78, 5) is 5.00.